The third-order valence-electron chi connectivity index (χ3n) is 3.34. The molecule has 9 heteroatoms. The van der Waals surface area contributed by atoms with Crippen LogP contribution in [0.5, 0.6) is 0 Å². The highest BCUT2D eigenvalue weighted by Gasteiger charge is 2.29. The molecule has 1 fully saturated rings. The van der Waals surface area contributed by atoms with Crippen molar-refractivity contribution >= 4 is 44.9 Å². The summed E-state index contributed by atoms with van der Waals surface area (Å²) in [6, 6.07) is 4.43. The van der Waals surface area contributed by atoms with Gasteiger partial charge in [-0.3, -0.25) is 9.59 Å². The Balaban J connectivity index is 1.79. The van der Waals surface area contributed by atoms with Crippen LogP contribution in [0.15, 0.2) is 18.2 Å². The third-order valence-corrected chi connectivity index (χ3v) is 5.82. The minimum absolute atomic E-state index is 0.0583. The van der Waals surface area contributed by atoms with Gasteiger partial charge in [0.1, 0.15) is 0 Å². The summed E-state index contributed by atoms with van der Waals surface area (Å²) >= 11 is 11.9. The minimum Gasteiger partial charge on any atom is -0.455 e. The topological polar surface area (TPSA) is 89.5 Å². The molecule has 0 unspecified atom stereocenters. The number of benzene rings is 1. The van der Waals surface area contributed by atoms with Gasteiger partial charge in [0.2, 0.25) is 0 Å². The zero-order chi connectivity index (χ0) is 17.0. The van der Waals surface area contributed by atoms with E-state index in [0.29, 0.717) is 22.0 Å². The van der Waals surface area contributed by atoms with Gasteiger partial charge in [0.25, 0.3) is 5.91 Å². The van der Waals surface area contributed by atoms with Crippen LogP contribution in [0.4, 0.5) is 0 Å². The summed E-state index contributed by atoms with van der Waals surface area (Å²) in [6.45, 7) is -0.475. The smallest absolute Gasteiger partial charge is 0.310 e. The maximum Gasteiger partial charge on any atom is 0.310 e. The molecule has 0 spiro atoms. The lowest BCUT2D eigenvalue weighted by molar-refractivity contribution is -0.148. The van der Waals surface area contributed by atoms with Crippen molar-refractivity contribution in [3.63, 3.8) is 0 Å². The molecule has 2 rings (SSSR count). The molecule has 0 aromatic heterocycles. The van der Waals surface area contributed by atoms with Crippen LogP contribution in [-0.2, 0) is 30.6 Å². The Bertz CT molecular complexity index is 700. The van der Waals surface area contributed by atoms with Gasteiger partial charge in [-0.25, -0.2) is 8.42 Å². The van der Waals surface area contributed by atoms with Crippen LogP contribution in [0.1, 0.15) is 12.0 Å². The number of esters is 1. The molecule has 0 saturated carbocycles. The van der Waals surface area contributed by atoms with Crippen molar-refractivity contribution in [2.24, 2.45) is 0 Å². The van der Waals surface area contributed by atoms with Crippen molar-refractivity contribution < 1.29 is 22.7 Å². The Hall–Kier alpha value is -1.31. The lowest BCUT2D eigenvalue weighted by atomic mass is 10.1. The molecule has 0 radical (unpaired) electrons. The van der Waals surface area contributed by atoms with Crippen LogP contribution < -0.4 is 5.32 Å². The number of sulfone groups is 1. The second-order valence-corrected chi connectivity index (χ2v) is 8.25. The van der Waals surface area contributed by atoms with Crippen molar-refractivity contribution in [2.75, 3.05) is 18.1 Å². The molecule has 1 saturated heterocycles. The van der Waals surface area contributed by atoms with E-state index < -0.39 is 34.4 Å². The molecule has 1 aromatic carbocycles. The van der Waals surface area contributed by atoms with Gasteiger partial charge >= 0.3 is 5.97 Å². The Morgan fingerprint density at radius 1 is 1.26 bits per heavy atom. The zero-order valence-electron chi connectivity index (χ0n) is 12.1. The molecule has 23 heavy (non-hydrogen) atoms. The lowest BCUT2D eigenvalue weighted by Gasteiger charge is -2.11. The van der Waals surface area contributed by atoms with Gasteiger partial charge in [0.05, 0.1) is 17.9 Å². The van der Waals surface area contributed by atoms with Crippen LogP contribution in [0, 0.1) is 0 Å². The average Bonchev–Trinajstić information content (AvgIpc) is 2.80. The molecule has 6 nitrogen and oxygen atoms in total. The summed E-state index contributed by atoms with van der Waals surface area (Å²) in [7, 11) is -3.07. The second-order valence-electron chi connectivity index (χ2n) is 5.21. The van der Waals surface area contributed by atoms with Gasteiger partial charge < -0.3 is 10.1 Å². The van der Waals surface area contributed by atoms with Crippen LogP contribution in [0.2, 0.25) is 10.0 Å². The number of ether oxygens (including phenoxy) is 1. The number of hydrogen-bond acceptors (Lipinski definition) is 5. The maximum absolute atomic E-state index is 11.7. The van der Waals surface area contributed by atoms with Crippen LogP contribution in [-0.4, -0.2) is 44.4 Å². The molecular weight excluding hydrogens is 365 g/mol. The van der Waals surface area contributed by atoms with E-state index in [4.69, 9.17) is 27.9 Å². The summed E-state index contributed by atoms with van der Waals surface area (Å²) in [4.78, 5) is 23.4. The Labute approximate surface area is 144 Å². The predicted molar refractivity (Wildman–Crippen MR) is 86.3 cm³/mol. The lowest BCUT2D eigenvalue weighted by Crippen LogP contribution is -2.38. The van der Waals surface area contributed by atoms with Gasteiger partial charge in [0.15, 0.2) is 16.4 Å². The largest absolute Gasteiger partial charge is 0.455 e. The van der Waals surface area contributed by atoms with Crippen molar-refractivity contribution in [3.05, 3.63) is 33.8 Å². The van der Waals surface area contributed by atoms with Crippen molar-refractivity contribution in [3.8, 4) is 0 Å². The number of hydrogen-bond donors (Lipinski definition) is 1. The Morgan fingerprint density at radius 2 is 1.91 bits per heavy atom. The number of amides is 1. The number of carbonyl (C=O) groups excluding carboxylic acids is 2. The van der Waals surface area contributed by atoms with E-state index in [1.807, 2.05) is 0 Å². The third kappa shape index (κ3) is 5.37. The fourth-order valence-corrected chi connectivity index (χ4v) is 4.43. The van der Waals surface area contributed by atoms with Gasteiger partial charge in [-0.1, -0.05) is 29.3 Å². The maximum atomic E-state index is 11.7. The van der Waals surface area contributed by atoms with Crippen LogP contribution in [0.3, 0.4) is 0 Å². The summed E-state index contributed by atoms with van der Waals surface area (Å²) in [5.74, 6) is -1.20. The number of nitrogens with one attached hydrogen (secondary N) is 1. The first kappa shape index (κ1) is 18.0. The highest BCUT2D eigenvalue weighted by atomic mass is 35.5. The van der Waals surface area contributed by atoms with Crippen molar-refractivity contribution in [2.45, 2.75) is 18.9 Å². The highest BCUT2D eigenvalue weighted by molar-refractivity contribution is 7.91. The number of carbonyl (C=O) groups is 2. The average molecular weight is 380 g/mol. The first-order chi connectivity index (χ1) is 10.8. The second kappa shape index (κ2) is 7.51. The zero-order valence-corrected chi connectivity index (χ0v) is 14.4. The van der Waals surface area contributed by atoms with E-state index >= 15 is 0 Å². The van der Waals surface area contributed by atoms with E-state index in [0.717, 1.165) is 0 Å². The molecule has 1 heterocycles. The fourth-order valence-electron chi connectivity index (χ4n) is 2.22. The summed E-state index contributed by atoms with van der Waals surface area (Å²) in [5, 5.41) is 3.21. The quantitative estimate of drug-likeness (QED) is 0.780. The SMILES string of the molecule is O=C(COC(=O)Cc1c(Cl)cccc1Cl)N[C@H]1CCS(=O)(=O)C1. The van der Waals surface area contributed by atoms with Crippen LogP contribution in [0.25, 0.3) is 0 Å². The molecule has 1 N–H and O–H groups in total. The van der Waals surface area contributed by atoms with E-state index in [9.17, 15) is 18.0 Å². The summed E-state index contributed by atoms with van der Waals surface area (Å²) in [5.41, 5.74) is 0.433. The summed E-state index contributed by atoms with van der Waals surface area (Å²) < 4.78 is 27.5. The molecule has 0 bridgehead atoms. The minimum atomic E-state index is -3.07. The van der Waals surface area contributed by atoms with E-state index in [1.165, 1.54) is 0 Å². The first-order valence-electron chi connectivity index (χ1n) is 6.85. The number of rotatable bonds is 5. The van der Waals surface area contributed by atoms with Crippen molar-refractivity contribution in [1.82, 2.24) is 5.32 Å². The fraction of sp³-hybridized carbons (Fsp3) is 0.429. The monoisotopic (exact) mass is 379 g/mol. The standard InChI is InChI=1S/C14H15Cl2NO5S/c15-11-2-1-3-12(16)10(11)6-14(19)22-7-13(18)17-9-4-5-23(20,21)8-9/h1-3,9H,4-8H2,(H,17,18)/t9-/m0/s1. The molecule has 1 aromatic rings. The Morgan fingerprint density at radius 3 is 2.48 bits per heavy atom. The summed E-state index contributed by atoms with van der Waals surface area (Å²) in [6.07, 6.45) is 0.223. The molecule has 1 aliphatic rings. The normalized spacial score (nSPS) is 19.3. The molecule has 1 amide bonds. The van der Waals surface area contributed by atoms with Crippen LogP contribution >= 0.6 is 23.2 Å². The number of halogens is 2. The van der Waals surface area contributed by atoms with E-state index in [-0.39, 0.29) is 17.9 Å². The van der Waals surface area contributed by atoms with E-state index in [1.54, 1.807) is 18.2 Å². The molecule has 0 aliphatic carbocycles. The first-order valence-corrected chi connectivity index (χ1v) is 9.43. The molecule has 1 aliphatic heterocycles. The molecular formula is C14H15Cl2NO5S. The Kier molecular flexibility index (Phi) is 5.89. The van der Waals surface area contributed by atoms with Gasteiger partial charge in [0, 0.05) is 21.7 Å². The van der Waals surface area contributed by atoms with Gasteiger partial charge in [-0.05, 0) is 18.6 Å². The highest BCUT2D eigenvalue weighted by Crippen LogP contribution is 2.24. The predicted octanol–water partition coefficient (Wildman–Crippen LogP) is 1.38. The molecule has 126 valence electrons. The van der Waals surface area contributed by atoms with Crippen molar-refractivity contribution in [1.29, 1.82) is 0 Å². The van der Waals surface area contributed by atoms with Gasteiger partial charge in [-0.15, -0.1) is 0 Å². The van der Waals surface area contributed by atoms with E-state index in [2.05, 4.69) is 5.32 Å². The van der Waals surface area contributed by atoms with Gasteiger partial charge in [-0.2, -0.15) is 0 Å². The molecule has 1 atom stereocenters.